The fourth-order valence-corrected chi connectivity index (χ4v) is 3.12. The number of aryl methyl sites for hydroxylation is 2. The van der Waals surface area contributed by atoms with E-state index in [1.807, 2.05) is 0 Å². The standard InChI is InChI=1S/C16H21NS/c1-4-17-16(14-8-9-18-11-14)10-15-12(2)6-5-7-13(15)3/h5-9,11,16-17H,4,10H2,1-3H3. The van der Waals surface area contributed by atoms with Crippen LogP contribution in [0.2, 0.25) is 0 Å². The van der Waals surface area contributed by atoms with Crippen LogP contribution < -0.4 is 5.32 Å². The Balaban J connectivity index is 2.24. The van der Waals surface area contributed by atoms with Crippen molar-refractivity contribution in [2.24, 2.45) is 0 Å². The molecule has 2 heteroatoms. The predicted molar refractivity (Wildman–Crippen MR) is 80.4 cm³/mol. The molecule has 1 aromatic carbocycles. The third kappa shape index (κ3) is 3.01. The van der Waals surface area contributed by atoms with Crippen molar-refractivity contribution in [2.45, 2.75) is 33.2 Å². The largest absolute Gasteiger partial charge is 0.310 e. The van der Waals surface area contributed by atoms with Gasteiger partial charge in [-0.3, -0.25) is 0 Å². The van der Waals surface area contributed by atoms with Crippen molar-refractivity contribution in [3.05, 3.63) is 57.3 Å². The predicted octanol–water partition coefficient (Wildman–Crippen LogP) is 4.26. The van der Waals surface area contributed by atoms with Crippen LogP contribution >= 0.6 is 11.3 Å². The molecule has 1 aromatic heterocycles. The first-order chi connectivity index (χ1) is 8.72. The average Bonchev–Trinajstić information content (AvgIpc) is 2.86. The number of thiophene rings is 1. The molecule has 0 saturated carbocycles. The molecule has 1 nitrogen and oxygen atoms in total. The van der Waals surface area contributed by atoms with Crippen LogP contribution in [0.25, 0.3) is 0 Å². The van der Waals surface area contributed by atoms with Crippen LogP contribution in [-0.4, -0.2) is 6.54 Å². The van der Waals surface area contributed by atoms with E-state index in [0.717, 1.165) is 13.0 Å². The normalized spacial score (nSPS) is 12.6. The smallest absolute Gasteiger partial charge is 0.0369 e. The molecule has 1 N–H and O–H groups in total. The van der Waals surface area contributed by atoms with Crippen molar-refractivity contribution in [1.29, 1.82) is 0 Å². The quantitative estimate of drug-likeness (QED) is 0.846. The Kier molecular flexibility index (Phi) is 4.56. The minimum Gasteiger partial charge on any atom is -0.310 e. The van der Waals surface area contributed by atoms with Gasteiger partial charge in [-0.05, 0) is 65.9 Å². The van der Waals surface area contributed by atoms with Crippen molar-refractivity contribution in [3.8, 4) is 0 Å². The van der Waals surface area contributed by atoms with Gasteiger partial charge < -0.3 is 5.32 Å². The third-order valence-corrected chi connectivity index (χ3v) is 4.15. The lowest BCUT2D eigenvalue weighted by Gasteiger charge is -2.19. The second-order valence-corrected chi connectivity index (χ2v) is 5.52. The van der Waals surface area contributed by atoms with Crippen molar-refractivity contribution >= 4 is 11.3 Å². The summed E-state index contributed by atoms with van der Waals surface area (Å²) in [5, 5.41) is 8.00. The van der Waals surface area contributed by atoms with E-state index in [-0.39, 0.29) is 0 Å². The molecule has 0 fully saturated rings. The molecule has 18 heavy (non-hydrogen) atoms. The molecule has 0 aliphatic heterocycles. The van der Waals surface area contributed by atoms with Gasteiger partial charge >= 0.3 is 0 Å². The Morgan fingerprint density at radius 1 is 1.17 bits per heavy atom. The van der Waals surface area contributed by atoms with Crippen molar-refractivity contribution in [3.63, 3.8) is 0 Å². The minimum atomic E-state index is 0.432. The van der Waals surface area contributed by atoms with Gasteiger partial charge in [-0.15, -0.1) is 0 Å². The first-order valence-corrected chi connectivity index (χ1v) is 7.47. The molecule has 1 heterocycles. The number of rotatable bonds is 5. The van der Waals surface area contributed by atoms with Gasteiger partial charge in [0.05, 0.1) is 0 Å². The van der Waals surface area contributed by atoms with E-state index in [2.05, 4.69) is 61.1 Å². The van der Waals surface area contributed by atoms with E-state index in [0.29, 0.717) is 6.04 Å². The summed E-state index contributed by atoms with van der Waals surface area (Å²) in [5.41, 5.74) is 5.68. The number of hydrogen-bond acceptors (Lipinski definition) is 2. The lowest BCUT2D eigenvalue weighted by Crippen LogP contribution is -2.23. The van der Waals surface area contributed by atoms with Gasteiger partial charge in [0, 0.05) is 6.04 Å². The lowest BCUT2D eigenvalue weighted by atomic mass is 9.94. The van der Waals surface area contributed by atoms with Crippen molar-refractivity contribution < 1.29 is 0 Å². The number of likely N-dealkylation sites (N-methyl/N-ethyl adjacent to an activating group) is 1. The summed E-state index contributed by atoms with van der Waals surface area (Å²) in [6.07, 6.45) is 1.07. The first kappa shape index (κ1) is 13.3. The number of benzene rings is 1. The molecule has 0 spiro atoms. The zero-order valence-corrected chi connectivity index (χ0v) is 12.2. The highest BCUT2D eigenvalue weighted by molar-refractivity contribution is 7.07. The molecule has 0 saturated heterocycles. The highest BCUT2D eigenvalue weighted by Gasteiger charge is 2.14. The van der Waals surface area contributed by atoms with Crippen molar-refractivity contribution in [2.75, 3.05) is 6.54 Å². The summed E-state index contributed by atoms with van der Waals surface area (Å²) < 4.78 is 0. The SMILES string of the molecule is CCNC(Cc1c(C)cccc1C)c1ccsc1. The van der Waals surface area contributed by atoms with E-state index in [1.165, 1.54) is 22.3 Å². The van der Waals surface area contributed by atoms with Crippen LogP contribution in [0.3, 0.4) is 0 Å². The van der Waals surface area contributed by atoms with Gasteiger partial charge in [0.15, 0.2) is 0 Å². The Morgan fingerprint density at radius 2 is 1.89 bits per heavy atom. The monoisotopic (exact) mass is 259 g/mol. The maximum Gasteiger partial charge on any atom is 0.0369 e. The van der Waals surface area contributed by atoms with E-state index < -0.39 is 0 Å². The Labute approximate surface area is 114 Å². The minimum absolute atomic E-state index is 0.432. The summed E-state index contributed by atoms with van der Waals surface area (Å²) in [4.78, 5) is 0. The fraction of sp³-hybridized carbons (Fsp3) is 0.375. The molecular formula is C16H21NS. The molecule has 96 valence electrons. The van der Waals surface area contributed by atoms with Gasteiger partial charge in [-0.1, -0.05) is 25.1 Å². The second-order valence-electron chi connectivity index (χ2n) is 4.74. The van der Waals surface area contributed by atoms with Crippen molar-refractivity contribution in [1.82, 2.24) is 5.32 Å². The fourth-order valence-electron chi connectivity index (χ4n) is 2.40. The maximum absolute atomic E-state index is 3.59. The average molecular weight is 259 g/mol. The number of nitrogens with one attached hydrogen (secondary N) is 1. The third-order valence-electron chi connectivity index (χ3n) is 3.45. The van der Waals surface area contributed by atoms with Crippen LogP contribution in [0.15, 0.2) is 35.0 Å². The number of hydrogen-bond donors (Lipinski definition) is 1. The van der Waals surface area contributed by atoms with Crippen LogP contribution in [-0.2, 0) is 6.42 Å². The van der Waals surface area contributed by atoms with Gasteiger partial charge in [0.2, 0.25) is 0 Å². The molecule has 0 radical (unpaired) electrons. The van der Waals surface area contributed by atoms with Crippen LogP contribution in [0.4, 0.5) is 0 Å². The molecule has 0 aliphatic carbocycles. The molecule has 0 aliphatic rings. The van der Waals surface area contributed by atoms with Crippen LogP contribution in [0.5, 0.6) is 0 Å². The van der Waals surface area contributed by atoms with E-state index >= 15 is 0 Å². The molecule has 0 bridgehead atoms. The van der Waals surface area contributed by atoms with Gasteiger partial charge in [0.1, 0.15) is 0 Å². The first-order valence-electron chi connectivity index (χ1n) is 6.53. The Hall–Kier alpha value is -1.12. The highest BCUT2D eigenvalue weighted by atomic mass is 32.1. The Bertz CT molecular complexity index is 468. The summed E-state index contributed by atoms with van der Waals surface area (Å²) in [7, 11) is 0. The summed E-state index contributed by atoms with van der Waals surface area (Å²) in [6.45, 7) is 7.59. The molecule has 2 rings (SSSR count). The second kappa shape index (κ2) is 6.17. The molecule has 1 unspecified atom stereocenters. The van der Waals surface area contributed by atoms with Gasteiger partial charge in [-0.25, -0.2) is 0 Å². The van der Waals surface area contributed by atoms with Crippen LogP contribution in [0.1, 0.15) is 35.2 Å². The molecule has 0 amide bonds. The van der Waals surface area contributed by atoms with E-state index in [1.54, 1.807) is 11.3 Å². The molecule has 2 aromatic rings. The van der Waals surface area contributed by atoms with Gasteiger partial charge in [0.25, 0.3) is 0 Å². The van der Waals surface area contributed by atoms with Gasteiger partial charge in [-0.2, -0.15) is 11.3 Å². The highest BCUT2D eigenvalue weighted by Crippen LogP contribution is 2.24. The topological polar surface area (TPSA) is 12.0 Å². The summed E-state index contributed by atoms with van der Waals surface area (Å²) in [5.74, 6) is 0. The zero-order valence-electron chi connectivity index (χ0n) is 11.4. The zero-order chi connectivity index (χ0) is 13.0. The molecular weight excluding hydrogens is 238 g/mol. The summed E-state index contributed by atoms with van der Waals surface area (Å²) in [6, 6.07) is 9.21. The Morgan fingerprint density at radius 3 is 2.44 bits per heavy atom. The van der Waals surface area contributed by atoms with E-state index in [9.17, 15) is 0 Å². The summed E-state index contributed by atoms with van der Waals surface area (Å²) >= 11 is 1.77. The van der Waals surface area contributed by atoms with Crippen LogP contribution in [0, 0.1) is 13.8 Å². The molecule has 1 atom stereocenters. The lowest BCUT2D eigenvalue weighted by molar-refractivity contribution is 0.549. The van der Waals surface area contributed by atoms with E-state index in [4.69, 9.17) is 0 Å². The maximum atomic E-state index is 3.59.